The molecule has 2 atom stereocenters. The van der Waals surface area contributed by atoms with Crippen molar-refractivity contribution in [1.29, 1.82) is 0 Å². The quantitative estimate of drug-likeness (QED) is 0.886. The van der Waals surface area contributed by atoms with Gasteiger partial charge in [-0.3, -0.25) is 4.79 Å². The number of carbonyl (C=O) groups is 1. The van der Waals surface area contributed by atoms with Crippen molar-refractivity contribution in [1.82, 2.24) is 0 Å². The fourth-order valence-corrected chi connectivity index (χ4v) is 2.14. The number of fused-ring (bicyclic) bond motifs is 1. The highest BCUT2D eigenvalue weighted by Crippen LogP contribution is 2.34. The third-order valence-electron chi connectivity index (χ3n) is 3.32. The summed E-state index contributed by atoms with van der Waals surface area (Å²) in [6.45, 7) is 1.49. The number of methoxy groups -OCH3 is 1. The van der Waals surface area contributed by atoms with E-state index in [0.717, 1.165) is 10.8 Å². The second kappa shape index (κ2) is 5.28. The third kappa shape index (κ3) is 2.39. The Balaban J connectivity index is 2.59. The van der Waals surface area contributed by atoms with Crippen molar-refractivity contribution in [3.63, 3.8) is 0 Å². The van der Waals surface area contributed by atoms with Crippen LogP contribution in [0.4, 0.5) is 0 Å². The second-order valence-corrected chi connectivity index (χ2v) is 4.47. The molecule has 4 heteroatoms. The molecule has 2 rings (SSSR count). The van der Waals surface area contributed by atoms with Crippen LogP contribution in [-0.2, 0) is 4.79 Å². The number of aliphatic carboxylic acids is 1. The molecule has 0 amide bonds. The Hall–Kier alpha value is -2.07. The van der Waals surface area contributed by atoms with Gasteiger partial charge in [0.25, 0.3) is 0 Å². The summed E-state index contributed by atoms with van der Waals surface area (Å²) in [5, 5.41) is 20.9. The molecule has 2 aromatic rings. The summed E-state index contributed by atoms with van der Waals surface area (Å²) in [4.78, 5) is 11.0. The molecule has 0 radical (unpaired) electrons. The van der Waals surface area contributed by atoms with Gasteiger partial charge >= 0.3 is 5.97 Å². The van der Waals surface area contributed by atoms with E-state index in [1.54, 1.807) is 19.2 Å². The Morgan fingerprint density at radius 2 is 1.79 bits per heavy atom. The van der Waals surface area contributed by atoms with Crippen molar-refractivity contribution in [2.24, 2.45) is 5.92 Å². The lowest BCUT2D eigenvalue weighted by Gasteiger charge is -2.18. The molecule has 0 aliphatic rings. The van der Waals surface area contributed by atoms with E-state index in [1.165, 1.54) is 6.92 Å². The largest absolute Gasteiger partial charge is 0.496 e. The highest BCUT2D eigenvalue weighted by Gasteiger charge is 2.24. The summed E-state index contributed by atoms with van der Waals surface area (Å²) in [7, 11) is 1.58. The maximum absolute atomic E-state index is 11.0. The molecule has 100 valence electrons. The number of hydrogen-bond donors (Lipinski definition) is 2. The molecule has 0 aliphatic heterocycles. The smallest absolute Gasteiger partial charge is 0.309 e. The van der Waals surface area contributed by atoms with E-state index in [-0.39, 0.29) is 0 Å². The van der Waals surface area contributed by atoms with Crippen LogP contribution < -0.4 is 4.74 Å². The van der Waals surface area contributed by atoms with E-state index in [9.17, 15) is 9.90 Å². The first kappa shape index (κ1) is 13.4. The summed E-state index contributed by atoms with van der Waals surface area (Å²) >= 11 is 0. The summed E-state index contributed by atoms with van der Waals surface area (Å²) in [5.41, 5.74) is 0.603. The maximum Gasteiger partial charge on any atom is 0.309 e. The lowest BCUT2D eigenvalue weighted by atomic mass is 9.92. The Morgan fingerprint density at radius 1 is 1.16 bits per heavy atom. The van der Waals surface area contributed by atoms with Gasteiger partial charge in [-0.2, -0.15) is 0 Å². The second-order valence-electron chi connectivity index (χ2n) is 4.47. The van der Waals surface area contributed by atoms with Gasteiger partial charge in [0.15, 0.2) is 0 Å². The van der Waals surface area contributed by atoms with Gasteiger partial charge in [-0.15, -0.1) is 0 Å². The highest BCUT2D eigenvalue weighted by atomic mass is 16.5. The molecule has 0 fully saturated rings. The number of aliphatic hydroxyl groups is 1. The van der Waals surface area contributed by atoms with Crippen LogP contribution in [0.15, 0.2) is 36.4 Å². The molecule has 0 saturated carbocycles. The fraction of sp³-hybridized carbons (Fsp3) is 0.267. The lowest BCUT2D eigenvalue weighted by Crippen LogP contribution is -2.18. The summed E-state index contributed by atoms with van der Waals surface area (Å²) in [6.07, 6.45) is -1.05. The van der Waals surface area contributed by atoms with Crippen LogP contribution in [0.2, 0.25) is 0 Å². The van der Waals surface area contributed by atoms with E-state index in [0.29, 0.717) is 11.3 Å². The van der Waals surface area contributed by atoms with Gasteiger partial charge in [0.05, 0.1) is 19.1 Å². The van der Waals surface area contributed by atoms with Gasteiger partial charge in [0, 0.05) is 5.39 Å². The summed E-state index contributed by atoms with van der Waals surface area (Å²) < 4.78 is 5.27. The Morgan fingerprint density at radius 3 is 2.37 bits per heavy atom. The predicted octanol–water partition coefficient (Wildman–Crippen LogP) is 2.60. The van der Waals surface area contributed by atoms with Crippen LogP contribution in [0.5, 0.6) is 5.75 Å². The van der Waals surface area contributed by atoms with Crippen molar-refractivity contribution < 1.29 is 19.7 Å². The predicted molar refractivity (Wildman–Crippen MR) is 72.3 cm³/mol. The third-order valence-corrected chi connectivity index (χ3v) is 3.32. The molecule has 2 unspecified atom stereocenters. The van der Waals surface area contributed by atoms with Crippen molar-refractivity contribution in [3.8, 4) is 5.75 Å². The minimum Gasteiger partial charge on any atom is -0.496 e. The van der Waals surface area contributed by atoms with Crippen LogP contribution in [0.1, 0.15) is 18.6 Å². The molecule has 19 heavy (non-hydrogen) atoms. The molecule has 0 heterocycles. The zero-order valence-electron chi connectivity index (χ0n) is 10.8. The van der Waals surface area contributed by atoms with E-state index < -0.39 is 18.0 Å². The van der Waals surface area contributed by atoms with Gasteiger partial charge in [-0.05, 0) is 23.9 Å². The van der Waals surface area contributed by atoms with E-state index in [2.05, 4.69) is 0 Å². The number of hydrogen-bond acceptors (Lipinski definition) is 3. The van der Waals surface area contributed by atoms with Gasteiger partial charge < -0.3 is 14.9 Å². The number of ether oxygens (including phenoxy) is 1. The van der Waals surface area contributed by atoms with Crippen LogP contribution in [0.25, 0.3) is 10.8 Å². The average Bonchev–Trinajstić information content (AvgIpc) is 2.44. The lowest BCUT2D eigenvalue weighted by molar-refractivity contribution is -0.144. The first-order valence-electron chi connectivity index (χ1n) is 6.02. The summed E-state index contributed by atoms with van der Waals surface area (Å²) in [6, 6.07) is 10.9. The van der Waals surface area contributed by atoms with Crippen molar-refractivity contribution in [2.75, 3.05) is 7.11 Å². The molecule has 0 bridgehead atoms. The van der Waals surface area contributed by atoms with Crippen molar-refractivity contribution in [3.05, 3.63) is 42.0 Å². The number of carboxylic acid groups (broad SMARTS) is 1. The van der Waals surface area contributed by atoms with Gasteiger partial charge in [-0.25, -0.2) is 0 Å². The molecular weight excluding hydrogens is 244 g/mol. The van der Waals surface area contributed by atoms with Gasteiger partial charge in [-0.1, -0.05) is 30.3 Å². The average molecular weight is 260 g/mol. The molecular formula is C15H16O4. The van der Waals surface area contributed by atoms with E-state index in [1.807, 2.05) is 24.3 Å². The minimum absolute atomic E-state index is 0.603. The maximum atomic E-state index is 11.0. The Kier molecular flexibility index (Phi) is 3.71. The summed E-state index contributed by atoms with van der Waals surface area (Å²) in [5.74, 6) is -1.18. The first-order valence-corrected chi connectivity index (χ1v) is 6.02. The minimum atomic E-state index is -1.05. The highest BCUT2D eigenvalue weighted by molar-refractivity contribution is 5.91. The monoisotopic (exact) mass is 260 g/mol. The molecule has 0 saturated heterocycles. The number of aliphatic hydroxyl groups excluding tert-OH is 1. The first-order chi connectivity index (χ1) is 9.06. The van der Waals surface area contributed by atoms with E-state index in [4.69, 9.17) is 9.84 Å². The molecule has 2 aromatic carbocycles. The van der Waals surface area contributed by atoms with Crippen LogP contribution in [0.3, 0.4) is 0 Å². The van der Waals surface area contributed by atoms with E-state index >= 15 is 0 Å². The van der Waals surface area contributed by atoms with Crippen molar-refractivity contribution >= 4 is 16.7 Å². The van der Waals surface area contributed by atoms with Gasteiger partial charge in [0.1, 0.15) is 5.75 Å². The molecule has 0 spiro atoms. The number of benzene rings is 2. The zero-order valence-corrected chi connectivity index (χ0v) is 10.8. The Bertz CT molecular complexity index is 606. The SMILES string of the molecule is COc1ccc(C(O)C(C)C(=O)O)c2ccccc12. The molecule has 4 nitrogen and oxygen atoms in total. The topological polar surface area (TPSA) is 66.8 Å². The van der Waals surface area contributed by atoms with Crippen molar-refractivity contribution in [2.45, 2.75) is 13.0 Å². The van der Waals surface area contributed by atoms with Crippen LogP contribution >= 0.6 is 0 Å². The van der Waals surface area contributed by atoms with Gasteiger partial charge in [0.2, 0.25) is 0 Å². The number of rotatable bonds is 4. The van der Waals surface area contributed by atoms with Crippen LogP contribution in [-0.4, -0.2) is 23.3 Å². The fourth-order valence-electron chi connectivity index (χ4n) is 2.14. The normalized spacial score (nSPS) is 14.1. The molecule has 0 aliphatic carbocycles. The van der Waals surface area contributed by atoms with Crippen LogP contribution in [0, 0.1) is 5.92 Å². The molecule has 0 aromatic heterocycles. The Labute approximate surface area is 111 Å². The standard InChI is InChI=1S/C15H16O4/c1-9(15(17)18)14(16)12-7-8-13(19-2)11-6-4-3-5-10(11)12/h3-9,14,16H,1-2H3,(H,17,18). The number of carboxylic acids is 1. The zero-order chi connectivity index (χ0) is 14.0. The molecule has 2 N–H and O–H groups in total.